The van der Waals surface area contributed by atoms with Gasteiger partial charge in [-0.05, 0) is 91.5 Å². The zero-order valence-corrected chi connectivity index (χ0v) is 17.9. The number of benzene rings is 2. The summed E-state index contributed by atoms with van der Waals surface area (Å²) in [5.41, 5.74) is 4.80. The molecular weight excluding hydrogens is 343 g/mol. The normalized spacial score (nSPS) is 19.7. The van der Waals surface area contributed by atoms with E-state index in [1.165, 1.54) is 74.5 Å². The third-order valence-electron chi connectivity index (χ3n) is 6.75. The van der Waals surface area contributed by atoms with Crippen molar-refractivity contribution < 1.29 is 4.39 Å². The van der Waals surface area contributed by atoms with Crippen molar-refractivity contribution in [1.82, 2.24) is 0 Å². The Hall–Kier alpha value is -1.63. The molecule has 0 atom stereocenters. The second kappa shape index (κ2) is 10.8. The van der Waals surface area contributed by atoms with Crippen LogP contribution in [0.1, 0.15) is 93.4 Å². The van der Waals surface area contributed by atoms with Gasteiger partial charge in [0.2, 0.25) is 0 Å². The number of hydrogen-bond donors (Lipinski definition) is 0. The number of rotatable bonds is 9. The van der Waals surface area contributed by atoms with Gasteiger partial charge in [0.1, 0.15) is 5.82 Å². The van der Waals surface area contributed by atoms with Crippen LogP contribution in [0.5, 0.6) is 0 Å². The summed E-state index contributed by atoms with van der Waals surface area (Å²) >= 11 is 0. The van der Waals surface area contributed by atoms with E-state index in [4.69, 9.17) is 0 Å². The SMILES string of the molecule is CCCCCc1ccc(CCc2ccc(C3CCC(CC)CC3)cc2F)cc1. The molecular formula is C27H37F. The lowest BCUT2D eigenvalue weighted by molar-refractivity contribution is 0.318. The molecule has 0 unspecified atom stereocenters. The molecule has 0 heterocycles. The van der Waals surface area contributed by atoms with Crippen LogP contribution in [0.3, 0.4) is 0 Å². The van der Waals surface area contributed by atoms with Gasteiger partial charge < -0.3 is 0 Å². The first kappa shape index (κ1) is 21.1. The van der Waals surface area contributed by atoms with Gasteiger partial charge in [-0.2, -0.15) is 0 Å². The Bertz CT molecular complexity index is 708. The first-order chi connectivity index (χ1) is 13.7. The summed E-state index contributed by atoms with van der Waals surface area (Å²) in [6.45, 7) is 4.53. The van der Waals surface area contributed by atoms with Crippen LogP contribution in [0.4, 0.5) is 4.39 Å². The lowest BCUT2D eigenvalue weighted by Gasteiger charge is -2.28. The molecule has 2 aromatic carbocycles. The molecule has 0 bridgehead atoms. The van der Waals surface area contributed by atoms with Crippen LogP contribution in [0.15, 0.2) is 42.5 Å². The third-order valence-corrected chi connectivity index (χ3v) is 6.75. The fraction of sp³-hybridized carbons (Fsp3) is 0.556. The number of halogens is 1. The molecule has 1 fully saturated rings. The Labute approximate surface area is 171 Å². The molecule has 0 spiro atoms. The van der Waals surface area contributed by atoms with Gasteiger partial charge in [-0.1, -0.05) is 69.5 Å². The lowest BCUT2D eigenvalue weighted by Crippen LogP contribution is -2.13. The Kier molecular flexibility index (Phi) is 8.13. The average molecular weight is 381 g/mol. The second-order valence-corrected chi connectivity index (χ2v) is 8.75. The van der Waals surface area contributed by atoms with Crippen molar-refractivity contribution in [2.45, 2.75) is 90.4 Å². The van der Waals surface area contributed by atoms with Crippen LogP contribution < -0.4 is 0 Å². The standard InChI is InChI=1S/C27H37F/c1-3-5-6-7-22-8-10-23(11-9-22)14-17-25-18-19-26(20-27(25)28)24-15-12-21(4-2)13-16-24/h8-11,18-21,24H,3-7,12-17H2,1-2H3. The van der Waals surface area contributed by atoms with E-state index in [1.807, 2.05) is 12.1 Å². The predicted molar refractivity (Wildman–Crippen MR) is 118 cm³/mol. The first-order valence-electron chi connectivity index (χ1n) is 11.6. The van der Waals surface area contributed by atoms with Gasteiger partial charge in [-0.25, -0.2) is 4.39 Å². The van der Waals surface area contributed by atoms with E-state index in [2.05, 4.69) is 44.2 Å². The van der Waals surface area contributed by atoms with Crippen molar-refractivity contribution in [2.24, 2.45) is 5.92 Å². The van der Waals surface area contributed by atoms with Crippen LogP contribution >= 0.6 is 0 Å². The molecule has 0 radical (unpaired) electrons. The topological polar surface area (TPSA) is 0 Å². The highest BCUT2D eigenvalue weighted by molar-refractivity contribution is 5.29. The minimum atomic E-state index is -0.00805. The minimum Gasteiger partial charge on any atom is -0.207 e. The van der Waals surface area contributed by atoms with Gasteiger partial charge in [0.05, 0.1) is 0 Å². The smallest absolute Gasteiger partial charge is 0.126 e. The maximum Gasteiger partial charge on any atom is 0.126 e. The van der Waals surface area contributed by atoms with E-state index >= 15 is 0 Å². The Balaban J connectivity index is 1.52. The zero-order chi connectivity index (χ0) is 19.8. The van der Waals surface area contributed by atoms with Crippen LogP contribution in [0.2, 0.25) is 0 Å². The Morgan fingerprint density at radius 2 is 1.46 bits per heavy atom. The Morgan fingerprint density at radius 3 is 2.07 bits per heavy atom. The van der Waals surface area contributed by atoms with Crippen molar-refractivity contribution in [1.29, 1.82) is 0 Å². The molecule has 28 heavy (non-hydrogen) atoms. The van der Waals surface area contributed by atoms with Crippen molar-refractivity contribution in [3.63, 3.8) is 0 Å². The van der Waals surface area contributed by atoms with Crippen molar-refractivity contribution >= 4 is 0 Å². The number of aryl methyl sites for hydroxylation is 3. The molecule has 1 aliphatic carbocycles. The Morgan fingerprint density at radius 1 is 0.786 bits per heavy atom. The molecule has 0 aliphatic heterocycles. The van der Waals surface area contributed by atoms with Crippen LogP contribution in [0, 0.1) is 11.7 Å². The summed E-state index contributed by atoms with van der Waals surface area (Å²) in [7, 11) is 0. The molecule has 0 nitrogen and oxygen atoms in total. The maximum atomic E-state index is 14.7. The fourth-order valence-electron chi connectivity index (χ4n) is 4.66. The summed E-state index contributed by atoms with van der Waals surface area (Å²) in [6.07, 6.45) is 13.1. The maximum absolute atomic E-state index is 14.7. The van der Waals surface area contributed by atoms with E-state index in [9.17, 15) is 4.39 Å². The summed E-state index contributed by atoms with van der Waals surface area (Å²) in [4.78, 5) is 0. The second-order valence-electron chi connectivity index (χ2n) is 8.75. The van der Waals surface area contributed by atoms with Gasteiger partial charge in [-0.15, -0.1) is 0 Å². The molecule has 1 heteroatoms. The summed E-state index contributed by atoms with van der Waals surface area (Å²) < 4.78 is 14.7. The molecule has 0 N–H and O–H groups in total. The quantitative estimate of drug-likeness (QED) is 0.386. The van der Waals surface area contributed by atoms with Crippen molar-refractivity contribution in [2.75, 3.05) is 0 Å². The molecule has 3 rings (SSSR count). The van der Waals surface area contributed by atoms with E-state index in [0.717, 1.165) is 24.3 Å². The van der Waals surface area contributed by atoms with Crippen molar-refractivity contribution in [3.8, 4) is 0 Å². The molecule has 2 aromatic rings. The molecule has 1 aliphatic rings. The molecule has 152 valence electrons. The van der Waals surface area contributed by atoms with Crippen LogP contribution in [-0.4, -0.2) is 0 Å². The van der Waals surface area contributed by atoms with Gasteiger partial charge in [0.25, 0.3) is 0 Å². The largest absolute Gasteiger partial charge is 0.207 e. The number of unbranched alkanes of at least 4 members (excludes halogenated alkanes) is 2. The molecule has 1 saturated carbocycles. The molecule has 0 amide bonds. The highest BCUT2D eigenvalue weighted by Gasteiger charge is 2.21. The van der Waals surface area contributed by atoms with E-state index < -0.39 is 0 Å². The lowest BCUT2D eigenvalue weighted by atomic mass is 9.77. The average Bonchev–Trinajstić information content (AvgIpc) is 2.74. The predicted octanol–water partition coefficient (Wildman–Crippen LogP) is 8.03. The van der Waals surface area contributed by atoms with Gasteiger partial charge >= 0.3 is 0 Å². The van der Waals surface area contributed by atoms with E-state index in [1.54, 1.807) is 0 Å². The summed E-state index contributed by atoms with van der Waals surface area (Å²) in [6, 6.07) is 15.0. The summed E-state index contributed by atoms with van der Waals surface area (Å²) in [5.74, 6) is 1.44. The monoisotopic (exact) mass is 380 g/mol. The van der Waals surface area contributed by atoms with E-state index in [0.29, 0.717) is 5.92 Å². The zero-order valence-electron chi connectivity index (χ0n) is 17.9. The van der Waals surface area contributed by atoms with Gasteiger partial charge in [0, 0.05) is 0 Å². The number of hydrogen-bond acceptors (Lipinski definition) is 0. The van der Waals surface area contributed by atoms with Gasteiger partial charge in [-0.3, -0.25) is 0 Å². The van der Waals surface area contributed by atoms with Crippen LogP contribution in [-0.2, 0) is 19.3 Å². The molecule has 0 saturated heterocycles. The first-order valence-corrected chi connectivity index (χ1v) is 11.6. The van der Waals surface area contributed by atoms with E-state index in [-0.39, 0.29) is 5.82 Å². The fourth-order valence-corrected chi connectivity index (χ4v) is 4.66. The van der Waals surface area contributed by atoms with Crippen LogP contribution in [0.25, 0.3) is 0 Å². The third kappa shape index (κ3) is 5.93. The highest BCUT2D eigenvalue weighted by atomic mass is 19.1. The van der Waals surface area contributed by atoms with Crippen molar-refractivity contribution in [3.05, 3.63) is 70.5 Å². The highest BCUT2D eigenvalue weighted by Crippen LogP contribution is 2.37. The minimum absolute atomic E-state index is 0.00805. The van der Waals surface area contributed by atoms with Gasteiger partial charge in [0.15, 0.2) is 0 Å². The summed E-state index contributed by atoms with van der Waals surface area (Å²) in [5, 5.41) is 0. The molecule has 0 aromatic heterocycles.